The van der Waals surface area contributed by atoms with Gasteiger partial charge in [-0.1, -0.05) is 18.2 Å². The van der Waals surface area contributed by atoms with Crippen molar-refractivity contribution in [3.8, 4) is 0 Å². The van der Waals surface area contributed by atoms with Gasteiger partial charge in [0.2, 0.25) is 0 Å². The predicted octanol–water partition coefficient (Wildman–Crippen LogP) is 1.40. The molecule has 0 heterocycles. The fourth-order valence-corrected chi connectivity index (χ4v) is 1.89. The molecule has 3 N–H and O–H groups in total. The molecule has 0 atom stereocenters. The summed E-state index contributed by atoms with van der Waals surface area (Å²) in [5.74, 6) is 0.698. The molecule has 0 aromatic heterocycles. The van der Waals surface area contributed by atoms with Crippen LogP contribution in [0.5, 0.6) is 0 Å². The Morgan fingerprint density at radius 3 is 2.52 bits per heavy atom. The highest BCUT2D eigenvalue weighted by molar-refractivity contribution is 5.94. The number of rotatable bonds is 10. The van der Waals surface area contributed by atoms with Crippen LogP contribution in [0.3, 0.4) is 0 Å². The van der Waals surface area contributed by atoms with E-state index in [9.17, 15) is 4.79 Å². The molecule has 128 valence electrons. The molecule has 0 bridgehead atoms. The van der Waals surface area contributed by atoms with Crippen molar-refractivity contribution < 1.29 is 9.53 Å². The maximum Gasteiger partial charge on any atom is 0.251 e. The van der Waals surface area contributed by atoms with E-state index < -0.39 is 0 Å². The van der Waals surface area contributed by atoms with Gasteiger partial charge in [0.15, 0.2) is 5.96 Å². The number of hydrogen-bond donors (Lipinski definition) is 3. The van der Waals surface area contributed by atoms with Gasteiger partial charge in [-0.3, -0.25) is 9.79 Å². The molecule has 23 heavy (non-hydrogen) atoms. The van der Waals surface area contributed by atoms with Gasteiger partial charge in [-0.15, -0.1) is 0 Å². The molecule has 0 radical (unpaired) electrons. The van der Waals surface area contributed by atoms with Gasteiger partial charge in [-0.25, -0.2) is 0 Å². The van der Waals surface area contributed by atoms with Gasteiger partial charge in [-0.2, -0.15) is 0 Å². The average Bonchev–Trinajstić information content (AvgIpc) is 2.59. The van der Waals surface area contributed by atoms with Gasteiger partial charge in [0.1, 0.15) is 0 Å². The summed E-state index contributed by atoms with van der Waals surface area (Å²) in [6.07, 6.45) is 0.898. The lowest BCUT2D eigenvalue weighted by molar-refractivity contribution is 0.0954. The summed E-state index contributed by atoms with van der Waals surface area (Å²) in [4.78, 5) is 16.4. The Kier molecular flexibility index (Phi) is 10.3. The predicted molar refractivity (Wildman–Crippen MR) is 93.9 cm³/mol. The molecular formula is C17H28N4O2. The standard InChI is InChI=1S/C17H28N4O2/c1-3-18-17(20-11-8-14-23-4-2)21-13-12-19-16(22)15-9-6-5-7-10-15/h5-7,9-10H,3-4,8,11-14H2,1-2H3,(H,19,22)(H2,18,20,21). The normalized spacial score (nSPS) is 11.1. The van der Waals surface area contributed by atoms with E-state index in [1.807, 2.05) is 32.0 Å². The summed E-state index contributed by atoms with van der Waals surface area (Å²) in [7, 11) is 0. The Hall–Kier alpha value is -2.08. The van der Waals surface area contributed by atoms with E-state index in [0.29, 0.717) is 25.2 Å². The zero-order chi connectivity index (χ0) is 16.8. The number of guanidine groups is 1. The van der Waals surface area contributed by atoms with Gasteiger partial charge in [0.05, 0.1) is 0 Å². The lowest BCUT2D eigenvalue weighted by Crippen LogP contribution is -2.41. The molecule has 6 nitrogen and oxygen atoms in total. The summed E-state index contributed by atoms with van der Waals surface area (Å²) in [5, 5.41) is 9.26. The fourth-order valence-electron chi connectivity index (χ4n) is 1.89. The van der Waals surface area contributed by atoms with Gasteiger partial charge < -0.3 is 20.7 Å². The Bertz CT molecular complexity index is 463. The van der Waals surface area contributed by atoms with Crippen LogP contribution in [-0.4, -0.2) is 51.3 Å². The summed E-state index contributed by atoms with van der Waals surface area (Å²) < 4.78 is 5.28. The largest absolute Gasteiger partial charge is 0.382 e. The molecule has 0 saturated carbocycles. The second-order valence-electron chi connectivity index (χ2n) is 4.86. The molecule has 0 saturated heterocycles. The van der Waals surface area contributed by atoms with E-state index in [-0.39, 0.29) is 5.91 Å². The van der Waals surface area contributed by atoms with Crippen LogP contribution < -0.4 is 16.0 Å². The van der Waals surface area contributed by atoms with Crippen LogP contribution in [0.2, 0.25) is 0 Å². The van der Waals surface area contributed by atoms with Crippen molar-refractivity contribution in [2.45, 2.75) is 20.3 Å². The second kappa shape index (κ2) is 12.5. The molecule has 0 aliphatic heterocycles. The van der Waals surface area contributed by atoms with Gasteiger partial charge in [0.25, 0.3) is 5.91 Å². The average molecular weight is 320 g/mol. The summed E-state index contributed by atoms with van der Waals surface area (Å²) in [6.45, 7) is 8.15. The lowest BCUT2D eigenvalue weighted by Gasteiger charge is -2.12. The number of ether oxygens (including phenoxy) is 1. The Labute approximate surface area is 138 Å². The Morgan fingerprint density at radius 2 is 1.83 bits per heavy atom. The van der Waals surface area contributed by atoms with Gasteiger partial charge >= 0.3 is 0 Å². The highest BCUT2D eigenvalue weighted by atomic mass is 16.5. The minimum absolute atomic E-state index is 0.0638. The number of aliphatic imine (C=N–C) groups is 1. The Morgan fingerprint density at radius 1 is 1.09 bits per heavy atom. The first-order valence-electron chi connectivity index (χ1n) is 8.21. The summed E-state index contributed by atoms with van der Waals surface area (Å²) in [6, 6.07) is 9.19. The zero-order valence-electron chi connectivity index (χ0n) is 14.1. The Balaban J connectivity index is 2.24. The molecule has 0 fully saturated rings. The van der Waals surface area contributed by atoms with E-state index in [1.54, 1.807) is 12.1 Å². The molecule has 0 unspecified atom stereocenters. The van der Waals surface area contributed by atoms with Crippen LogP contribution in [-0.2, 0) is 4.74 Å². The highest BCUT2D eigenvalue weighted by Gasteiger charge is 2.03. The van der Waals surface area contributed by atoms with Crippen LogP contribution in [0.4, 0.5) is 0 Å². The van der Waals surface area contributed by atoms with Gasteiger partial charge in [0, 0.05) is 45.0 Å². The minimum atomic E-state index is -0.0638. The molecule has 1 aromatic rings. The number of nitrogens with one attached hydrogen (secondary N) is 3. The monoisotopic (exact) mass is 320 g/mol. The lowest BCUT2D eigenvalue weighted by atomic mass is 10.2. The molecule has 1 amide bonds. The first kappa shape index (κ1) is 19.0. The van der Waals surface area contributed by atoms with Crippen molar-refractivity contribution in [2.24, 2.45) is 4.99 Å². The molecule has 0 aliphatic carbocycles. The van der Waals surface area contributed by atoms with E-state index in [1.165, 1.54) is 0 Å². The molecule has 6 heteroatoms. The summed E-state index contributed by atoms with van der Waals surface area (Å²) >= 11 is 0. The third-order valence-corrected chi connectivity index (χ3v) is 3.00. The van der Waals surface area contributed by atoms with E-state index in [0.717, 1.165) is 32.1 Å². The van der Waals surface area contributed by atoms with Crippen molar-refractivity contribution >= 4 is 11.9 Å². The minimum Gasteiger partial charge on any atom is -0.382 e. The zero-order valence-corrected chi connectivity index (χ0v) is 14.1. The maximum absolute atomic E-state index is 11.9. The number of benzene rings is 1. The van der Waals surface area contributed by atoms with Crippen LogP contribution >= 0.6 is 0 Å². The van der Waals surface area contributed by atoms with Crippen molar-refractivity contribution in [3.63, 3.8) is 0 Å². The van der Waals surface area contributed by atoms with Gasteiger partial charge in [-0.05, 0) is 32.4 Å². The first-order valence-corrected chi connectivity index (χ1v) is 8.21. The van der Waals surface area contributed by atoms with Crippen molar-refractivity contribution in [2.75, 3.05) is 39.4 Å². The van der Waals surface area contributed by atoms with Crippen molar-refractivity contribution in [1.82, 2.24) is 16.0 Å². The van der Waals surface area contributed by atoms with Crippen molar-refractivity contribution in [1.29, 1.82) is 0 Å². The third-order valence-electron chi connectivity index (χ3n) is 3.00. The summed E-state index contributed by atoms with van der Waals surface area (Å²) in [5.41, 5.74) is 0.670. The SMILES string of the molecule is CCNC(=NCCCOCC)NCCNC(=O)c1ccccc1. The van der Waals surface area contributed by atoms with E-state index in [4.69, 9.17) is 4.74 Å². The number of carbonyl (C=O) groups is 1. The smallest absolute Gasteiger partial charge is 0.251 e. The highest BCUT2D eigenvalue weighted by Crippen LogP contribution is 1.96. The maximum atomic E-state index is 11.9. The van der Waals surface area contributed by atoms with Crippen molar-refractivity contribution in [3.05, 3.63) is 35.9 Å². The molecule has 1 aromatic carbocycles. The molecule has 0 aliphatic rings. The molecule has 0 spiro atoms. The second-order valence-corrected chi connectivity index (χ2v) is 4.86. The number of amides is 1. The van der Waals surface area contributed by atoms with Crippen LogP contribution in [0.1, 0.15) is 30.6 Å². The third kappa shape index (κ3) is 8.83. The number of carbonyl (C=O) groups excluding carboxylic acids is 1. The fraction of sp³-hybridized carbons (Fsp3) is 0.529. The van der Waals surface area contributed by atoms with Crippen LogP contribution in [0.15, 0.2) is 35.3 Å². The molecular weight excluding hydrogens is 292 g/mol. The van der Waals surface area contributed by atoms with Crippen LogP contribution in [0, 0.1) is 0 Å². The first-order chi connectivity index (χ1) is 11.3. The number of nitrogens with zero attached hydrogens (tertiary/aromatic N) is 1. The topological polar surface area (TPSA) is 74.8 Å². The quantitative estimate of drug-likeness (QED) is 0.346. The van der Waals surface area contributed by atoms with E-state index in [2.05, 4.69) is 20.9 Å². The van der Waals surface area contributed by atoms with Crippen LogP contribution in [0.25, 0.3) is 0 Å². The van der Waals surface area contributed by atoms with E-state index >= 15 is 0 Å². The molecule has 1 rings (SSSR count). The number of hydrogen-bond acceptors (Lipinski definition) is 3.